The van der Waals surface area contributed by atoms with Crippen LogP contribution in [0.2, 0.25) is 0 Å². The molecule has 0 saturated carbocycles. The summed E-state index contributed by atoms with van der Waals surface area (Å²) in [7, 11) is 1.93. The lowest BCUT2D eigenvalue weighted by Gasteiger charge is -2.38. The van der Waals surface area contributed by atoms with Gasteiger partial charge in [0.05, 0.1) is 0 Å². The summed E-state index contributed by atoms with van der Waals surface area (Å²) in [6.07, 6.45) is 3.94. The smallest absolute Gasteiger partial charge is 0.193 e. The van der Waals surface area contributed by atoms with Crippen LogP contribution in [0, 0.1) is 11.8 Å². The lowest BCUT2D eigenvalue weighted by molar-refractivity contribution is 0.107. The van der Waals surface area contributed by atoms with E-state index in [-0.39, 0.29) is 24.0 Å². The first kappa shape index (κ1) is 24.0. The first-order valence-corrected chi connectivity index (χ1v) is 10.5. The molecule has 154 valence electrons. The number of likely N-dealkylation sites (tertiary alicyclic amines) is 1. The lowest BCUT2D eigenvalue weighted by Crippen LogP contribution is -2.53. The number of hydrogen-bond donors (Lipinski definition) is 1. The molecule has 6 heteroatoms. The molecule has 0 aromatic rings. The Bertz CT molecular complexity index is 405. The summed E-state index contributed by atoms with van der Waals surface area (Å²) in [6, 6.07) is 0.563. The fraction of sp³-hybridized carbons (Fsp3) is 0.950. The van der Waals surface area contributed by atoms with Gasteiger partial charge in [0.2, 0.25) is 0 Å². The highest BCUT2D eigenvalue weighted by molar-refractivity contribution is 14.0. The molecule has 2 saturated heterocycles. The molecule has 0 spiro atoms. The summed E-state index contributed by atoms with van der Waals surface area (Å²) in [5.74, 6) is 2.82. The molecule has 0 radical (unpaired) electrons. The highest BCUT2D eigenvalue weighted by Crippen LogP contribution is 2.28. The van der Waals surface area contributed by atoms with Gasteiger partial charge in [-0.25, -0.2) is 0 Å². The zero-order chi connectivity index (χ0) is 18.2. The van der Waals surface area contributed by atoms with Crippen LogP contribution in [0.4, 0.5) is 0 Å². The minimum Gasteiger partial charge on any atom is -0.355 e. The molecular formula is C20H42IN5. The maximum Gasteiger partial charge on any atom is 0.193 e. The van der Waals surface area contributed by atoms with E-state index in [1.54, 1.807) is 0 Å². The molecule has 2 aliphatic heterocycles. The van der Waals surface area contributed by atoms with Crippen molar-refractivity contribution in [1.29, 1.82) is 0 Å². The average molecular weight is 479 g/mol. The van der Waals surface area contributed by atoms with Crippen molar-refractivity contribution in [1.82, 2.24) is 20.0 Å². The Labute approximate surface area is 179 Å². The molecule has 26 heavy (non-hydrogen) atoms. The predicted octanol–water partition coefficient (Wildman–Crippen LogP) is 2.96. The monoisotopic (exact) mass is 479 g/mol. The molecule has 0 aromatic heterocycles. The Balaban J connectivity index is 0.00000338. The summed E-state index contributed by atoms with van der Waals surface area (Å²) in [5.41, 5.74) is 0. The summed E-state index contributed by atoms with van der Waals surface area (Å²) in [5, 5.41) is 3.65. The minimum absolute atomic E-state index is 0. The second-order valence-corrected chi connectivity index (χ2v) is 7.82. The lowest BCUT2D eigenvalue weighted by atomic mass is 9.87. The highest BCUT2D eigenvalue weighted by atomic mass is 127. The van der Waals surface area contributed by atoms with Gasteiger partial charge in [0.15, 0.2) is 5.96 Å². The molecule has 5 nitrogen and oxygen atoms in total. The van der Waals surface area contributed by atoms with Gasteiger partial charge in [-0.3, -0.25) is 9.89 Å². The number of rotatable bonds is 7. The number of aliphatic imine (C=N–C) groups is 1. The fourth-order valence-electron chi connectivity index (χ4n) is 4.54. The van der Waals surface area contributed by atoms with Gasteiger partial charge in [0, 0.05) is 58.9 Å². The molecule has 2 fully saturated rings. The van der Waals surface area contributed by atoms with Crippen molar-refractivity contribution >= 4 is 29.9 Å². The number of halogens is 1. The molecule has 0 bridgehead atoms. The van der Waals surface area contributed by atoms with Gasteiger partial charge in [-0.05, 0) is 31.7 Å². The van der Waals surface area contributed by atoms with Gasteiger partial charge in [-0.15, -0.1) is 24.0 Å². The zero-order valence-electron chi connectivity index (χ0n) is 17.7. The van der Waals surface area contributed by atoms with Crippen LogP contribution in [0.3, 0.4) is 0 Å². The molecule has 0 amide bonds. The van der Waals surface area contributed by atoms with Crippen LogP contribution in [-0.2, 0) is 0 Å². The van der Waals surface area contributed by atoms with Crippen molar-refractivity contribution < 1.29 is 0 Å². The van der Waals surface area contributed by atoms with Crippen LogP contribution in [0.15, 0.2) is 4.99 Å². The van der Waals surface area contributed by atoms with Gasteiger partial charge in [0.1, 0.15) is 0 Å². The number of hydrogen-bond acceptors (Lipinski definition) is 3. The van der Waals surface area contributed by atoms with Crippen LogP contribution in [0.1, 0.15) is 47.0 Å². The zero-order valence-corrected chi connectivity index (χ0v) is 20.0. The summed E-state index contributed by atoms with van der Waals surface area (Å²) in [6.45, 7) is 18.6. The minimum atomic E-state index is 0. The summed E-state index contributed by atoms with van der Waals surface area (Å²) >= 11 is 0. The maximum absolute atomic E-state index is 4.56. The van der Waals surface area contributed by atoms with Gasteiger partial charge < -0.3 is 15.1 Å². The van der Waals surface area contributed by atoms with E-state index in [2.05, 4.69) is 52.7 Å². The molecule has 1 N–H and O–H groups in total. The topological polar surface area (TPSA) is 34.1 Å². The third-order valence-corrected chi connectivity index (χ3v) is 6.48. The second-order valence-electron chi connectivity index (χ2n) is 7.82. The van der Waals surface area contributed by atoms with E-state index in [0.717, 1.165) is 30.9 Å². The predicted molar refractivity (Wildman–Crippen MR) is 124 cm³/mol. The van der Waals surface area contributed by atoms with Gasteiger partial charge in [0.25, 0.3) is 0 Å². The normalized spacial score (nSPS) is 24.0. The molecular weight excluding hydrogens is 437 g/mol. The standard InChI is InChI=1S/C20H41N5.HI/c1-6-18(7-2)19-9-10-25(16-19)20(21-5)22-15-17(4)24-13-11-23(8-3)12-14-24;/h17-19H,6-16H2,1-5H3,(H,21,22);1H. The summed E-state index contributed by atoms with van der Waals surface area (Å²) in [4.78, 5) is 12.2. The Morgan fingerprint density at radius 1 is 1.08 bits per heavy atom. The highest BCUT2D eigenvalue weighted by Gasteiger charge is 2.29. The van der Waals surface area contributed by atoms with Crippen molar-refractivity contribution in [3.05, 3.63) is 0 Å². The molecule has 2 rings (SSSR count). The molecule has 2 unspecified atom stereocenters. The van der Waals surface area contributed by atoms with Gasteiger partial charge in [-0.1, -0.05) is 33.6 Å². The van der Waals surface area contributed by atoms with Crippen molar-refractivity contribution in [3.63, 3.8) is 0 Å². The molecule has 2 aliphatic rings. The van der Waals surface area contributed by atoms with Crippen molar-refractivity contribution in [3.8, 4) is 0 Å². The van der Waals surface area contributed by atoms with E-state index in [9.17, 15) is 0 Å². The Morgan fingerprint density at radius 3 is 2.27 bits per heavy atom. The maximum atomic E-state index is 4.56. The number of nitrogens with one attached hydrogen (secondary N) is 1. The van der Waals surface area contributed by atoms with Crippen LogP contribution in [0.25, 0.3) is 0 Å². The van der Waals surface area contributed by atoms with Gasteiger partial charge >= 0.3 is 0 Å². The van der Waals surface area contributed by atoms with E-state index < -0.39 is 0 Å². The third kappa shape index (κ3) is 6.51. The second kappa shape index (κ2) is 12.4. The first-order chi connectivity index (χ1) is 12.1. The third-order valence-electron chi connectivity index (χ3n) is 6.48. The van der Waals surface area contributed by atoms with Crippen molar-refractivity contribution in [2.45, 2.75) is 53.0 Å². The first-order valence-electron chi connectivity index (χ1n) is 10.5. The van der Waals surface area contributed by atoms with Crippen LogP contribution < -0.4 is 5.32 Å². The van der Waals surface area contributed by atoms with Crippen LogP contribution >= 0.6 is 24.0 Å². The van der Waals surface area contributed by atoms with Crippen LogP contribution in [-0.4, -0.2) is 86.1 Å². The largest absolute Gasteiger partial charge is 0.355 e. The van der Waals surface area contributed by atoms with E-state index in [1.807, 2.05) is 7.05 Å². The van der Waals surface area contributed by atoms with Crippen molar-refractivity contribution in [2.75, 3.05) is 59.4 Å². The van der Waals surface area contributed by atoms with Gasteiger partial charge in [-0.2, -0.15) is 0 Å². The van der Waals surface area contributed by atoms with E-state index >= 15 is 0 Å². The molecule has 2 atom stereocenters. The van der Waals surface area contributed by atoms with E-state index in [4.69, 9.17) is 0 Å². The molecule has 0 aromatic carbocycles. The molecule has 2 heterocycles. The average Bonchev–Trinajstić information content (AvgIpc) is 3.13. The number of guanidine groups is 1. The van der Waals surface area contributed by atoms with E-state index in [0.29, 0.717) is 6.04 Å². The SMILES string of the molecule is CCC(CC)C1CCN(C(=NC)NCC(C)N2CCN(CC)CC2)C1.I. The van der Waals surface area contributed by atoms with Crippen LogP contribution in [0.5, 0.6) is 0 Å². The summed E-state index contributed by atoms with van der Waals surface area (Å²) < 4.78 is 0. The quantitative estimate of drug-likeness (QED) is 0.346. The number of nitrogens with zero attached hydrogens (tertiary/aromatic N) is 4. The Kier molecular flexibility index (Phi) is 11.4. The number of likely N-dealkylation sites (N-methyl/N-ethyl adjacent to an activating group) is 1. The Hall–Kier alpha value is -0.0800. The van der Waals surface area contributed by atoms with E-state index in [1.165, 1.54) is 58.5 Å². The molecule has 0 aliphatic carbocycles. The van der Waals surface area contributed by atoms with Crippen molar-refractivity contribution in [2.24, 2.45) is 16.8 Å². The number of piperazine rings is 1. The Morgan fingerprint density at radius 2 is 1.73 bits per heavy atom. The fourth-order valence-corrected chi connectivity index (χ4v) is 4.54.